The second-order valence-corrected chi connectivity index (χ2v) is 2.02. The van der Waals surface area contributed by atoms with Gasteiger partial charge in [0.05, 0.1) is 7.11 Å². The van der Waals surface area contributed by atoms with E-state index in [2.05, 4.69) is 0 Å². The molecule has 1 heteroatoms. The molecule has 10 heavy (non-hydrogen) atoms. The Balaban J connectivity index is 0.000000810. The molecule has 0 bridgehead atoms. The quantitative estimate of drug-likeness (QED) is 0.579. The highest BCUT2D eigenvalue weighted by atomic mass is 16.5. The molecule has 0 aromatic heterocycles. The van der Waals surface area contributed by atoms with E-state index in [4.69, 9.17) is 4.74 Å². The molecule has 0 fully saturated rings. The number of ether oxygens (including phenoxy) is 1. The van der Waals surface area contributed by atoms with E-state index in [9.17, 15) is 0 Å². The highest BCUT2D eigenvalue weighted by Crippen LogP contribution is 2.10. The van der Waals surface area contributed by atoms with Crippen LogP contribution in [-0.4, -0.2) is 7.11 Å². The molecule has 0 N–H and O–H groups in total. The predicted molar refractivity (Wildman–Crippen MR) is 44.5 cm³/mol. The summed E-state index contributed by atoms with van der Waals surface area (Å²) in [4.78, 5) is 0. The van der Waals surface area contributed by atoms with Gasteiger partial charge in [0.1, 0.15) is 5.75 Å². The van der Waals surface area contributed by atoms with E-state index in [-0.39, 0.29) is 7.43 Å². The average Bonchev–Trinajstić information content (AvgIpc) is 1.88. The van der Waals surface area contributed by atoms with Crippen LogP contribution >= 0.6 is 0 Å². The van der Waals surface area contributed by atoms with Crippen LogP contribution in [0.3, 0.4) is 0 Å². The van der Waals surface area contributed by atoms with Crippen LogP contribution in [0.1, 0.15) is 13.0 Å². The Morgan fingerprint density at radius 3 is 2.40 bits per heavy atom. The zero-order valence-corrected chi connectivity index (χ0v) is 5.72. The van der Waals surface area contributed by atoms with Crippen molar-refractivity contribution in [3.63, 3.8) is 0 Å². The molecule has 0 radical (unpaired) electrons. The first kappa shape index (κ1) is 9.02. The van der Waals surface area contributed by atoms with E-state index in [1.54, 1.807) is 7.11 Å². The summed E-state index contributed by atoms with van der Waals surface area (Å²) >= 11 is 0. The molecular formula is C9H14O. The second-order valence-electron chi connectivity index (χ2n) is 2.02. The van der Waals surface area contributed by atoms with Gasteiger partial charge < -0.3 is 4.74 Å². The standard InChI is InChI=1S/C8H10O.CH4/c1-7-4-3-5-8(6-7)9-2;/h3-6H,1-2H3;1H4. The van der Waals surface area contributed by atoms with Gasteiger partial charge in [-0.1, -0.05) is 19.6 Å². The Kier molecular flexibility index (Phi) is 3.55. The molecule has 1 nitrogen and oxygen atoms in total. The third-order valence-corrected chi connectivity index (χ3v) is 1.23. The van der Waals surface area contributed by atoms with Crippen molar-refractivity contribution >= 4 is 0 Å². The van der Waals surface area contributed by atoms with E-state index < -0.39 is 0 Å². The molecule has 1 aromatic carbocycles. The monoisotopic (exact) mass is 138 g/mol. The third-order valence-electron chi connectivity index (χ3n) is 1.23. The van der Waals surface area contributed by atoms with Crippen LogP contribution in [-0.2, 0) is 0 Å². The highest BCUT2D eigenvalue weighted by Gasteiger charge is 1.86. The normalized spacial score (nSPS) is 8.20. The molecule has 1 rings (SSSR count). The van der Waals surface area contributed by atoms with Gasteiger partial charge in [0.25, 0.3) is 0 Å². The van der Waals surface area contributed by atoms with Gasteiger partial charge in [0.15, 0.2) is 0 Å². The zero-order valence-electron chi connectivity index (χ0n) is 5.72. The number of methoxy groups -OCH3 is 1. The van der Waals surface area contributed by atoms with E-state index in [0.29, 0.717) is 0 Å². The molecule has 0 saturated carbocycles. The molecule has 0 unspecified atom stereocenters. The number of rotatable bonds is 1. The maximum absolute atomic E-state index is 5.00. The van der Waals surface area contributed by atoms with E-state index in [1.807, 2.05) is 31.2 Å². The maximum Gasteiger partial charge on any atom is 0.119 e. The molecule has 1 aromatic rings. The van der Waals surface area contributed by atoms with Crippen LogP contribution < -0.4 is 4.74 Å². The summed E-state index contributed by atoms with van der Waals surface area (Å²) < 4.78 is 5.00. The van der Waals surface area contributed by atoms with Crippen LogP contribution in [0.4, 0.5) is 0 Å². The fourth-order valence-electron chi connectivity index (χ4n) is 0.742. The minimum absolute atomic E-state index is 0. The van der Waals surface area contributed by atoms with Gasteiger partial charge in [-0.05, 0) is 24.6 Å². The van der Waals surface area contributed by atoms with Crippen LogP contribution in [0.25, 0.3) is 0 Å². The Bertz CT molecular complexity index is 194. The van der Waals surface area contributed by atoms with Crippen molar-refractivity contribution in [2.45, 2.75) is 14.4 Å². The molecule has 0 aliphatic carbocycles. The van der Waals surface area contributed by atoms with Crippen molar-refractivity contribution in [2.75, 3.05) is 7.11 Å². The van der Waals surface area contributed by atoms with E-state index in [1.165, 1.54) is 5.56 Å². The number of hydrogen-bond donors (Lipinski definition) is 0. The van der Waals surface area contributed by atoms with Crippen molar-refractivity contribution in [3.8, 4) is 5.75 Å². The maximum atomic E-state index is 5.00. The van der Waals surface area contributed by atoms with Gasteiger partial charge in [-0.2, -0.15) is 0 Å². The fourth-order valence-corrected chi connectivity index (χ4v) is 0.742. The fraction of sp³-hybridized carbons (Fsp3) is 0.333. The molecular weight excluding hydrogens is 124 g/mol. The molecule has 0 spiro atoms. The number of aryl methyl sites for hydroxylation is 1. The van der Waals surface area contributed by atoms with Gasteiger partial charge >= 0.3 is 0 Å². The summed E-state index contributed by atoms with van der Waals surface area (Å²) in [5.74, 6) is 0.926. The molecule has 0 heterocycles. The van der Waals surface area contributed by atoms with Gasteiger partial charge in [0.2, 0.25) is 0 Å². The Morgan fingerprint density at radius 2 is 2.00 bits per heavy atom. The Labute approximate surface area is 62.6 Å². The minimum Gasteiger partial charge on any atom is -0.497 e. The first-order chi connectivity index (χ1) is 4.33. The number of hydrogen-bond acceptors (Lipinski definition) is 1. The van der Waals surface area contributed by atoms with Crippen LogP contribution in [0.5, 0.6) is 5.75 Å². The lowest BCUT2D eigenvalue weighted by atomic mass is 10.2. The van der Waals surface area contributed by atoms with Crippen LogP contribution in [0, 0.1) is 6.92 Å². The van der Waals surface area contributed by atoms with E-state index >= 15 is 0 Å². The number of benzene rings is 1. The molecule has 0 aliphatic heterocycles. The van der Waals surface area contributed by atoms with Gasteiger partial charge in [-0.15, -0.1) is 0 Å². The molecule has 0 amide bonds. The second kappa shape index (κ2) is 3.94. The largest absolute Gasteiger partial charge is 0.497 e. The van der Waals surface area contributed by atoms with Crippen molar-refractivity contribution in [1.82, 2.24) is 0 Å². The third kappa shape index (κ3) is 2.09. The lowest BCUT2D eigenvalue weighted by Crippen LogP contribution is -1.81. The average molecular weight is 138 g/mol. The molecule has 56 valence electrons. The first-order valence-electron chi connectivity index (χ1n) is 2.93. The van der Waals surface area contributed by atoms with Crippen molar-refractivity contribution in [3.05, 3.63) is 29.8 Å². The highest BCUT2D eigenvalue weighted by molar-refractivity contribution is 5.27. The summed E-state index contributed by atoms with van der Waals surface area (Å²) in [6.45, 7) is 2.04. The van der Waals surface area contributed by atoms with Crippen LogP contribution in [0.2, 0.25) is 0 Å². The Morgan fingerprint density at radius 1 is 1.30 bits per heavy atom. The van der Waals surface area contributed by atoms with Crippen molar-refractivity contribution in [2.24, 2.45) is 0 Å². The van der Waals surface area contributed by atoms with Gasteiger partial charge in [-0.25, -0.2) is 0 Å². The van der Waals surface area contributed by atoms with E-state index in [0.717, 1.165) is 5.75 Å². The van der Waals surface area contributed by atoms with Gasteiger partial charge in [-0.3, -0.25) is 0 Å². The first-order valence-corrected chi connectivity index (χ1v) is 2.93. The zero-order chi connectivity index (χ0) is 6.69. The minimum atomic E-state index is 0. The summed E-state index contributed by atoms with van der Waals surface area (Å²) in [6, 6.07) is 7.96. The predicted octanol–water partition coefficient (Wildman–Crippen LogP) is 2.64. The van der Waals surface area contributed by atoms with Crippen LogP contribution in [0.15, 0.2) is 24.3 Å². The summed E-state index contributed by atoms with van der Waals surface area (Å²) in [5.41, 5.74) is 1.23. The summed E-state index contributed by atoms with van der Waals surface area (Å²) in [6.07, 6.45) is 0. The smallest absolute Gasteiger partial charge is 0.119 e. The molecule has 0 saturated heterocycles. The summed E-state index contributed by atoms with van der Waals surface area (Å²) in [7, 11) is 1.68. The Hall–Kier alpha value is -0.980. The molecule has 0 aliphatic rings. The van der Waals surface area contributed by atoms with Crippen molar-refractivity contribution in [1.29, 1.82) is 0 Å². The van der Waals surface area contributed by atoms with Gasteiger partial charge in [0, 0.05) is 0 Å². The topological polar surface area (TPSA) is 9.23 Å². The van der Waals surface area contributed by atoms with Crippen molar-refractivity contribution < 1.29 is 4.74 Å². The lowest BCUT2D eigenvalue weighted by molar-refractivity contribution is 0.414. The lowest BCUT2D eigenvalue weighted by Gasteiger charge is -1.97. The summed E-state index contributed by atoms with van der Waals surface area (Å²) in [5, 5.41) is 0. The SMILES string of the molecule is C.COc1cccc(C)c1. The molecule has 0 atom stereocenters.